The molecule has 0 unspecified atom stereocenters. The smallest absolute Gasteiger partial charge is 0.344 e. The van der Waals surface area contributed by atoms with E-state index < -0.39 is 5.97 Å². The Morgan fingerprint density at radius 2 is 1.97 bits per heavy atom. The lowest BCUT2D eigenvalue weighted by Gasteiger charge is -2.12. The molecule has 7 nitrogen and oxygen atoms in total. The summed E-state index contributed by atoms with van der Waals surface area (Å²) in [6, 6.07) is 5.30. The van der Waals surface area contributed by atoms with Gasteiger partial charge >= 0.3 is 11.9 Å². The molecule has 2 aromatic rings. The van der Waals surface area contributed by atoms with Gasteiger partial charge in [0.2, 0.25) is 0 Å². The molecule has 3 rings (SSSR count). The lowest BCUT2D eigenvalue weighted by atomic mass is 9.95. The van der Waals surface area contributed by atoms with Crippen LogP contribution < -0.4 is 9.47 Å². The molecule has 0 N–H and O–H groups in total. The maximum atomic E-state index is 12.6. The Kier molecular flexibility index (Phi) is 8.27. The molecule has 32 heavy (non-hydrogen) atoms. The second-order valence-corrected chi connectivity index (χ2v) is 8.69. The van der Waals surface area contributed by atoms with Gasteiger partial charge in [0, 0.05) is 11.1 Å². The SMILES string of the molecule is CCOC(=O)c1c(N=Cc2ccc(OCC(=O)OC(C)C)c(OC)c2)sc2c1CCCC2. The number of aliphatic imine (C=N–C) groups is 1. The van der Waals surface area contributed by atoms with Gasteiger partial charge in [0.15, 0.2) is 18.1 Å². The van der Waals surface area contributed by atoms with Crippen molar-refractivity contribution < 1.29 is 28.5 Å². The number of methoxy groups -OCH3 is 1. The Morgan fingerprint density at radius 1 is 1.19 bits per heavy atom. The fourth-order valence-electron chi connectivity index (χ4n) is 3.51. The van der Waals surface area contributed by atoms with Crippen LogP contribution in [0.15, 0.2) is 23.2 Å². The minimum atomic E-state index is -0.444. The van der Waals surface area contributed by atoms with Crippen molar-refractivity contribution in [2.75, 3.05) is 20.3 Å². The molecule has 0 radical (unpaired) electrons. The zero-order valence-electron chi connectivity index (χ0n) is 18.9. The molecule has 8 heteroatoms. The van der Waals surface area contributed by atoms with Crippen LogP contribution in [0.5, 0.6) is 11.5 Å². The van der Waals surface area contributed by atoms with Crippen molar-refractivity contribution in [3.8, 4) is 11.5 Å². The number of ether oxygens (including phenoxy) is 4. The first-order chi connectivity index (χ1) is 15.4. The molecule has 0 bridgehead atoms. The van der Waals surface area contributed by atoms with Gasteiger partial charge in [-0.3, -0.25) is 0 Å². The number of thiophene rings is 1. The molecule has 0 spiro atoms. The third kappa shape index (κ3) is 5.88. The van der Waals surface area contributed by atoms with Crippen LogP contribution in [0, 0.1) is 0 Å². The van der Waals surface area contributed by atoms with E-state index in [4.69, 9.17) is 18.9 Å². The average molecular weight is 460 g/mol. The molecule has 1 aromatic heterocycles. The number of rotatable bonds is 9. The molecule has 0 saturated carbocycles. The number of carbonyl (C=O) groups excluding carboxylic acids is 2. The van der Waals surface area contributed by atoms with Gasteiger partial charge in [-0.15, -0.1) is 11.3 Å². The van der Waals surface area contributed by atoms with Gasteiger partial charge in [0.05, 0.1) is 25.4 Å². The van der Waals surface area contributed by atoms with Crippen LogP contribution >= 0.6 is 11.3 Å². The molecular weight excluding hydrogens is 430 g/mol. The Bertz CT molecular complexity index is 995. The van der Waals surface area contributed by atoms with E-state index in [0.717, 1.165) is 36.8 Å². The molecule has 0 saturated heterocycles. The van der Waals surface area contributed by atoms with Crippen LogP contribution in [0.2, 0.25) is 0 Å². The van der Waals surface area contributed by atoms with Gasteiger partial charge < -0.3 is 18.9 Å². The van der Waals surface area contributed by atoms with E-state index in [-0.39, 0.29) is 18.7 Å². The molecule has 0 fully saturated rings. The number of fused-ring (bicyclic) bond motifs is 1. The summed E-state index contributed by atoms with van der Waals surface area (Å²) in [6.07, 6.45) is 5.55. The first-order valence-electron chi connectivity index (χ1n) is 10.8. The van der Waals surface area contributed by atoms with Crippen LogP contribution in [0.1, 0.15) is 60.0 Å². The summed E-state index contributed by atoms with van der Waals surface area (Å²) in [5, 5.41) is 0.672. The van der Waals surface area contributed by atoms with E-state index in [2.05, 4.69) is 4.99 Å². The van der Waals surface area contributed by atoms with Crippen molar-refractivity contribution in [3.05, 3.63) is 39.8 Å². The highest BCUT2D eigenvalue weighted by Crippen LogP contribution is 2.40. The van der Waals surface area contributed by atoms with E-state index >= 15 is 0 Å². The van der Waals surface area contributed by atoms with Crippen LogP contribution in [-0.2, 0) is 27.1 Å². The third-order valence-electron chi connectivity index (χ3n) is 4.86. The van der Waals surface area contributed by atoms with Crippen LogP contribution in [-0.4, -0.2) is 44.6 Å². The zero-order chi connectivity index (χ0) is 23.1. The standard InChI is InChI=1S/C24H29NO6S/c1-5-29-24(27)22-17-8-6-7-9-20(17)32-23(22)25-13-16-10-11-18(19(12-16)28-4)30-14-21(26)31-15(2)3/h10-13,15H,5-9,14H2,1-4H3. The summed E-state index contributed by atoms with van der Waals surface area (Å²) in [4.78, 5) is 30.2. The topological polar surface area (TPSA) is 83.4 Å². The monoisotopic (exact) mass is 459 g/mol. The fourth-order valence-corrected chi connectivity index (χ4v) is 4.73. The maximum absolute atomic E-state index is 12.6. The van der Waals surface area contributed by atoms with E-state index in [1.807, 2.05) is 6.07 Å². The van der Waals surface area contributed by atoms with Gasteiger partial charge in [-0.05, 0) is 75.8 Å². The van der Waals surface area contributed by atoms with Crippen LogP contribution in [0.3, 0.4) is 0 Å². The molecule has 172 valence electrons. The van der Waals surface area contributed by atoms with Crippen LogP contribution in [0.4, 0.5) is 5.00 Å². The van der Waals surface area contributed by atoms with E-state index in [1.165, 1.54) is 12.0 Å². The van der Waals surface area contributed by atoms with Crippen molar-refractivity contribution in [3.63, 3.8) is 0 Å². The maximum Gasteiger partial charge on any atom is 0.344 e. The summed E-state index contributed by atoms with van der Waals surface area (Å²) in [5.41, 5.74) is 2.46. The number of carbonyl (C=O) groups is 2. The summed E-state index contributed by atoms with van der Waals surface area (Å²) in [6.45, 7) is 5.49. The molecule has 1 aliphatic carbocycles. The number of nitrogens with zero attached hydrogens (tertiary/aromatic N) is 1. The fraction of sp³-hybridized carbons (Fsp3) is 0.458. The lowest BCUT2D eigenvalue weighted by molar-refractivity contribution is -0.149. The molecule has 1 aliphatic rings. The molecular formula is C24H29NO6S. The highest BCUT2D eigenvalue weighted by Gasteiger charge is 2.26. The van der Waals surface area contributed by atoms with Crippen molar-refractivity contribution in [2.45, 2.75) is 52.6 Å². The summed E-state index contributed by atoms with van der Waals surface area (Å²) >= 11 is 1.56. The Hall–Kier alpha value is -2.87. The highest BCUT2D eigenvalue weighted by molar-refractivity contribution is 7.16. The minimum Gasteiger partial charge on any atom is -0.493 e. The van der Waals surface area contributed by atoms with E-state index in [0.29, 0.717) is 28.7 Å². The Morgan fingerprint density at radius 3 is 2.69 bits per heavy atom. The van der Waals surface area contributed by atoms with Crippen molar-refractivity contribution >= 4 is 34.5 Å². The Balaban J connectivity index is 1.80. The highest BCUT2D eigenvalue weighted by atomic mass is 32.1. The van der Waals surface area contributed by atoms with Crippen LogP contribution in [0.25, 0.3) is 0 Å². The quantitative estimate of drug-likeness (QED) is 0.392. The third-order valence-corrected chi connectivity index (χ3v) is 6.06. The number of hydrogen-bond donors (Lipinski definition) is 0. The number of esters is 2. The number of aryl methyl sites for hydroxylation is 1. The van der Waals surface area contributed by atoms with Gasteiger partial charge in [0.1, 0.15) is 5.00 Å². The predicted molar refractivity (Wildman–Crippen MR) is 124 cm³/mol. The number of hydrogen-bond acceptors (Lipinski definition) is 8. The average Bonchev–Trinajstić information content (AvgIpc) is 3.14. The Labute approximate surface area is 192 Å². The predicted octanol–water partition coefficient (Wildman–Crippen LogP) is 4.89. The zero-order valence-corrected chi connectivity index (χ0v) is 19.8. The van der Waals surface area contributed by atoms with Gasteiger partial charge in [-0.25, -0.2) is 14.6 Å². The molecule has 0 aliphatic heterocycles. The molecule has 1 aromatic carbocycles. The van der Waals surface area contributed by atoms with E-state index in [1.54, 1.807) is 50.5 Å². The van der Waals surface area contributed by atoms with Gasteiger partial charge in [-0.2, -0.15) is 0 Å². The molecule has 1 heterocycles. The van der Waals surface area contributed by atoms with Crippen molar-refractivity contribution in [1.82, 2.24) is 0 Å². The second kappa shape index (κ2) is 11.1. The number of benzene rings is 1. The minimum absolute atomic E-state index is 0.200. The molecule has 0 amide bonds. The first kappa shape index (κ1) is 23.8. The van der Waals surface area contributed by atoms with Gasteiger partial charge in [-0.1, -0.05) is 0 Å². The normalized spacial score (nSPS) is 13.2. The van der Waals surface area contributed by atoms with E-state index in [9.17, 15) is 9.59 Å². The second-order valence-electron chi connectivity index (χ2n) is 7.61. The van der Waals surface area contributed by atoms with Crippen molar-refractivity contribution in [1.29, 1.82) is 0 Å². The molecule has 0 atom stereocenters. The largest absolute Gasteiger partial charge is 0.493 e. The summed E-state index contributed by atoms with van der Waals surface area (Å²) in [7, 11) is 1.53. The van der Waals surface area contributed by atoms with Crippen molar-refractivity contribution in [2.24, 2.45) is 4.99 Å². The summed E-state index contributed by atoms with van der Waals surface area (Å²) < 4.78 is 21.3. The first-order valence-corrected chi connectivity index (χ1v) is 11.6. The van der Waals surface area contributed by atoms with Gasteiger partial charge in [0.25, 0.3) is 0 Å². The lowest BCUT2D eigenvalue weighted by Crippen LogP contribution is -2.18. The summed E-state index contributed by atoms with van der Waals surface area (Å²) in [5.74, 6) is 0.154.